The normalized spacial score (nSPS) is 15.8. The average Bonchev–Trinajstić information content (AvgIpc) is 2.78. The number of nitrogens with one attached hydrogen (secondary N) is 1. The van der Waals surface area contributed by atoms with E-state index >= 15 is 0 Å². The Morgan fingerprint density at radius 2 is 1.67 bits per heavy atom. The lowest BCUT2D eigenvalue weighted by molar-refractivity contribution is -0.125. The van der Waals surface area contributed by atoms with Gasteiger partial charge in [-0.25, -0.2) is 8.42 Å². The topological polar surface area (TPSA) is 66.5 Å². The number of piperidine rings is 1. The van der Waals surface area contributed by atoms with Gasteiger partial charge in [-0.1, -0.05) is 11.6 Å². The summed E-state index contributed by atoms with van der Waals surface area (Å²) in [5, 5.41) is 3.68. The number of rotatable bonds is 8. The lowest BCUT2D eigenvalue weighted by Gasteiger charge is -2.30. The molecular weight excluding hydrogens is 460 g/mol. The average molecular weight is 485 g/mol. The van der Waals surface area contributed by atoms with Crippen molar-refractivity contribution in [2.75, 3.05) is 31.6 Å². The molecule has 0 saturated carbocycles. The van der Waals surface area contributed by atoms with E-state index in [1.54, 1.807) is 35.7 Å². The number of carbonyl (C=O) groups is 1. The van der Waals surface area contributed by atoms with Crippen LogP contribution in [-0.4, -0.2) is 50.3 Å². The van der Waals surface area contributed by atoms with Gasteiger partial charge in [-0.2, -0.15) is 4.31 Å². The first-order valence-corrected chi connectivity index (χ1v) is 13.7. The van der Waals surface area contributed by atoms with Crippen molar-refractivity contribution >= 4 is 51.1 Å². The zero-order valence-electron chi connectivity index (χ0n) is 16.7. The molecule has 3 rings (SSSR count). The second-order valence-corrected chi connectivity index (χ2v) is 11.4. The molecule has 30 heavy (non-hydrogen) atoms. The lowest BCUT2D eigenvalue weighted by Crippen LogP contribution is -2.43. The fraction of sp³-hybridized carbons (Fsp3) is 0.381. The standard InChI is InChI=1S/C21H25ClN2O3S3/c1-28-18-6-8-20(9-7-18)30(26,27)24-13-10-16(11-14-24)21(25)23-12-15-29-19-4-2-17(22)3-5-19/h2-9,16H,10-15H2,1H3,(H,23,25). The highest BCUT2D eigenvalue weighted by Gasteiger charge is 2.31. The summed E-state index contributed by atoms with van der Waals surface area (Å²) in [6, 6.07) is 14.6. The van der Waals surface area contributed by atoms with Crippen LogP contribution in [0, 0.1) is 5.92 Å². The van der Waals surface area contributed by atoms with Gasteiger partial charge < -0.3 is 5.32 Å². The molecule has 1 saturated heterocycles. The Labute approximate surface area is 192 Å². The number of sulfonamides is 1. The summed E-state index contributed by atoms with van der Waals surface area (Å²) in [6.45, 7) is 1.31. The highest BCUT2D eigenvalue weighted by Crippen LogP contribution is 2.26. The zero-order valence-corrected chi connectivity index (χ0v) is 19.9. The minimum Gasteiger partial charge on any atom is -0.355 e. The zero-order chi connectivity index (χ0) is 21.6. The predicted octanol–water partition coefficient (Wildman–Crippen LogP) is 4.37. The first-order chi connectivity index (χ1) is 14.4. The second kappa shape index (κ2) is 10.9. The minimum absolute atomic E-state index is 0.00748. The number of hydrogen-bond acceptors (Lipinski definition) is 5. The van der Waals surface area contributed by atoms with Crippen LogP contribution in [0.2, 0.25) is 5.02 Å². The van der Waals surface area contributed by atoms with Crippen LogP contribution in [0.3, 0.4) is 0 Å². The van der Waals surface area contributed by atoms with Gasteiger partial charge in [0, 0.05) is 46.1 Å². The van der Waals surface area contributed by atoms with Gasteiger partial charge in [-0.15, -0.1) is 23.5 Å². The summed E-state index contributed by atoms with van der Waals surface area (Å²) in [6.07, 6.45) is 3.03. The van der Waals surface area contributed by atoms with Crippen LogP contribution < -0.4 is 5.32 Å². The van der Waals surface area contributed by atoms with E-state index in [-0.39, 0.29) is 11.8 Å². The first kappa shape index (κ1) is 23.5. The van der Waals surface area contributed by atoms with Crippen LogP contribution in [0.5, 0.6) is 0 Å². The molecule has 162 valence electrons. The number of amides is 1. The molecule has 1 amide bonds. The minimum atomic E-state index is -3.51. The monoisotopic (exact) mass is 484 g/mol. The summed E-state index contributed by atoms with van der Waals surface area (Å²) < 4.78 is 27.2. The summed E-state index contributed by atoms with van der Waals surface area (Å²) >= 11 is 9.11. The van der Waals surface area contributed by atoms with Crippen molar-refractivity contribution in [2.45, 2.75) is 27.5 Å². The highest BCUT2D eigenvalue weighted by atomic mass is 35.5. The number of carbonyl (C=O) groups excluding carboxylic acids is 1. The van der Waals surface area contributed by atoms with E-state index < -0.39 is 10.0 Å². The second-order valence-electron chi connectivity index (χ2n) is 6.95. The molecule has 0 spiro atoms. The van der Waals surface area contributed by atoms with Crippen LogP contribution in [0.4, 0.5) is 0 Å². The fourth-order valence-electron chi connectivity index (χ4n) is 3.27. The smallest absolute Gasteiger partial charge is 0.243 e. The predicted molar refractivity (Wildman–Crippen MR) is 125 cm³/mol. The van der Waals surface area contributed by atoms with Gasteiger partial charge >= 0.3 is 0 Å². The summed E-state index contributed by atoms with van der Waals surface area (Å²) in [5.41, 5.74) is 0. The largest absolute Gasteiger partial charge is 0.355 e. The van der Waals surface area contributed by atoms with E-state index in [0.717, 1.165) is 15.5 Å². The molecule has 9 heteroatoms. The maximum atomic E-state index is 12.8. The molecule has 0 aliphatic carbocycles. The van der Waals surface area contributed by atoms with Crippen molar-refractivity contribution in [3.63, 3.8) is 0 Å². The van der Waals surface area contributed by atoms with E-state index in [2.05, 4.69) is 5.32 Å². The summed E-state index contributed by atoms with van der Waals surface area (Å²) in [4.78, 5) is 14.9. The fourth-order valence-corrected chi connectivity index (χ4v) is 6.05. The SMILES string of the molecule is CSc1ccc(S(=O)(=O)N2CCC(C(=O)NCCSc3ccc(Cl)cc3)CC2)cc1. The number of halogens is 1. The van der Waals surface area contributed by atoms with E-state index in [1.807, 2.05) is 42.7 Å². The van der Waals surface area contributed by atoms with Crippen molar-refractivity contribution in [2.24, 2.45) is 5.92 Å². The number of thioether (sulfide) groups is 2. The maximum absolute atomic E-state index is 12.8. The van der Waals surface area contributed by atoms with Crippen molar-refractivity contribution < 1.29 is 13.2 Å². The number of benzene rings is 2. The summed E-state index contributed by atoms with van der Waals surface area (Å²) in [7, 11) is -3.51. The molecule has 1 fully saturated rings. The molecule has 0 radical (unpaired) electrons. The van der Waals surface area contributed by atoms with E-state index in [4.69, 9.17) is 11.6 Å². The van der Waals surface area contributed by atoms with Crippen molar-refractivity contribution in [3.8, 4) is 0 Å². The van der Waals surface area contributed by atoms with Gasteiger partial charge in [0.1, 0.15) is 0 Å². The number of hydrogen-bond donors (Lipinski definition) is 1. The quantitative estimate of drug-likeness (QED) is 0.445. The van der Waals surface area contributed by atoms with Gasteiger partial charge in [-0.3, -0.25) is 4.79 Å². The summed E-state index contributed by atoms with van der Waals surface area (Å²) in [5.74, 6) is 0.635. The Kier molecular flexibility index (Phi) is 8.53. The molecule has 5 nitrogen and oxygen atoms in total. The van der Waals surface area contributed by atoms with Crippen LogP contribution in [0.15, 0.2) is 63.2 Å². The van der Waals surface area contributed by atoms with Gasteiger partial charge in [0.25, 0.3) is 0 Å². The molecule has 0 aromatic heterocycles. The molecule has 0 unspecified atom stereocenters. The van der Waals surface area contributed by atoms with Crippen LogP contribution in [0.25, 0.3) is 0 Å². The Balaban J connectivity index is 1.43. The highest BCUT2D eigenvalue weighted by molar-refractivity contribution is 7.99. The van der Waals surface area contributed by atoms with Gasteiger partial charge in [0.05, 0.1) is 4.90 Å². The van der Waals surface area contributed by atoms with E-state index in [0.29, 0.717) is 42.4 Å². The van der Waals surface area contributed by atoms with Gasteiger partial charge in [0.2, 0.25) is 15.9 Å². The third-order valence-electron chi connectivity index (χ3n) is 5.01. The van der Waals surface area contributed by atoms with E-state index in [1.165, 1.54) is 4.31 Å². The Morgan fingerprint density at radius 3 is 2.27 bits per heavy atom. The van der Waals surface area contributed by atoms with Crippen LogP contribution in [-0.2, 0) is 14.8 Å². The Morgan fingerprint density at radius 1 is 1.07 bits per heavy atom. The van der Waals surface area contributed by atoms with Gasteiger partial charge in [0.15, 0.2) is 0 Å². The molecule has 1 heterocycles. The van der Waals surface area contributed by atoms with E-state index in [9.17, 15) is 13.2 Å². The molecule has 2 aromatic carbocycles. The van der Waals surface area contributed by atoms with Gasteiger partial charge in [-0.05, 0) is 67.6 Å². The molecule has 2 aromatic rings. The Bertz CT molecular complexity index is 942. The molecular formula is C21H25ClN2O3S3. The van der Waals surface area contributed by atoms with Crippen LogP contribution in [0.1, 0.15) is 12.8 Å². The maximum Gasteiger partial charge on any atom is 0.243 e. The number of nitrogens with zero attached hydrogens (tertiary/aromatic N) is 1. The van der Waals surface area contributed by atoms with Crippen LogP contribution >= 0.6 is 35.1 Å². The van der Waals surface area contributed by atoms with Crippen molar-refractivity contribution in [1.82, 2.24) is 9.62 Å². The third-order valence-corrected chi connectivity index (χ3v) is 8.93. The Hall–Kier alpha value is -1.19. The van der Waals surface area contributed by atoms with Crippen molar-refractivity contribution in [3.05, 3.63) is 53.6 Å². The van der Waals surface area contributed by atoms with Crippen molar-refractivity contribution in [1.29, 1.82) is 0 Å². The third kappa shape index (κ3) is 6.17. The molecule has 1 aliphatic rings. The first-order valence-electron chi connectivity index (χ1n) is 9.70. The molecule has 1 N–H and O–H groups in total. The lowest BCUT2D eigenvalue weighted by atomic mass is 9.97. The molecule has 0 atom stereocenters. The molecule has 0 bridgehead atoms. The molecule has 1 aliphatic heterocycles.